The van der Waals surface area contributed by atoms with Crippen LogP contribution in [0.15, 0.2) is 12.1 Å². The van der Waals surface area contributed by atoms with Gasteiger partial charge >= 0.3 is 0 Å². The number of nitrogens with zero attached hydrogens (tertiary/aromatic N) is 2. The third-order valence-corrected chi connectivity index (χ3v) is 3.64. The van der Waals surface area contributed by atoms with Gasteiger partial charge in [-0.2, -0.15) is 0 Å². The van der Waals surface area contributed by atoms with Crippen molar-refractivity contribution in [2.75, 3.05) is 25.2 Å². The molecule has 2 heterocycles. The molecule has 1 aliphatic rings. The molecule has 1 aromatic rings. The van der Waals surface area contributed by atoms with E-state index in [1.807, 2.05) is 12.1 Å². The number of aliphatic hydroxyl groups excluding tert-OH is 1. The fourth-order valence-corrected chi connectivity index (χ4v) is 2.24. The van der Waals surface area contributed by atoms with E-state index in [1.54, 1.807) is 0 Å². The minimum Gasteiger partial charge on any atom is -0.392 e. The molecular formula is C15H24N2O2. The molecule has 1 fully saturated rings. The van der Waals surface area contributed by atoms with Crippen LogP contribution in [0.2, 0.25) is 0 Å². The molecule has 0 saturated carbocycles. The summed E-state index contributed by atoms with van der Waals surface area (Å²) >= 11 is 0. The van der Waals surface area contributed by atoms with E-state index in [0.29, 0.717) is 6.04 Å². The van der Waals surface area contributed by atoms with Crippen LogP contribution in [0.4, 0.5) is 5.82 Å². The zero-order valence-corrected chi connectivity index (χ0v) is 12.3. The fraction of sp³-hybridized carbons (Fsp3) is 0.667. The number of rotatable bonds is 3. The molecule has 1 N–H and O–H groups in total. The van der Waals surface area contributed by atoms with Crippen LogP contribution in [0, 0.1) is 0 Å². The summed E-state index contributed by atoms with van der Waals surface area (Å²) in [5.74, 6) is 0.923. The van der Waals surface area contributed by atoms with E-state index in [-0.39, 0.29) is 12.0 Å². The van der Waals surface area contributed by atoms with Gasteiger partial charge in [-0.3, -0.25) is 0 Å². The Morgan fingerprint density at radius 1 is 1.42 bits per heavy atom. The van der Waals surface area contributed by atoms with Gasteiger partial charge < -0.3 is 14.7 Å². The molecule has 2 rings (SSSR count). The second kappa shape index (κ2) is 5.47. The Morgan fingerprint density at radius 3 is 2.68 bits per heavy atom. The maximum Gasteiger partial charge on any atom is 0.129 e. The van der Waals surface area contributed by atoms with Crippen LogP contribution < -0.4 is 4.90 Å². The Morgan fingerprint density at radius 2 is 2.16 bits per heavy atom. The van der Waals surface area contributed by atoms with Gasteiger partial charge in [-0.1, -0.05) is 20.8 Å². The van der Waals surface area contributed by atoms with Crippen molar-refractivity contribution < 1.29 is 9.84 Å². The van der Waals surface area contributed by atoms with Crippen LogP contribution in [0.5, 0.6) is 0 Å². The molecule has 106 valence electrons. The van der Waals surface area contributed by atoms with Gasteiger partial charge in [-0.25, -0.2) is 4.98 Å². The highest BCUT2D eigenvalue weighted by Gasteiger charge is 2.23. The normalized spacial score (nSPS) is 19.7. The second-order valence-electron chi connectivity index (χ2n) is 6.26. The molecular weight excluding hydrogens is 240 g/mol. The number of aromatic nitrogens is 1. The highest BCUT2D eigenvalue weighted by molar-refractivity contribution is 5.44. The van der Waals surface area contributed by atoms with Crippen molar-refractivity contribution in [3.8, 4) is 0 Å². The van der Waals surface area contributed by atoms with Gasteiger partial charge in [-0.15, -0.1) is 0 Å². The van der Waals surface area contributed by atoms with Crippen molar-refractivity contribution >= 4 is 5.82 Å². The summed E-state index contributed by atoms with van der Waals surface area (Å²) < 4.78 is 5.43. The largest absolute Gasteiger partial charge is 0.392 e. The molecule has 1 saturated heterocycles. The first-order chi connectivity index (χ1) is 8.91. The fourth-order valence-electron chi connectivity index (χ4n) is 2.24. The standard InChI is InChI=1S/C15H24N2O2/c1-15(2,3)13-7-11(9-18)8-14(16-13)17(4)12-5-6-19-10-12/h7-8,12,18H,5-6,9-10H2,1-4H3. The molecule has 0 aromatic carbocycles. The van der Waals surface area contributed by atoms with Crippen LogP contribution in [0.3, 0.4) is 0 Å². The van der Waals surface area contributed by atoms with Crippen LogP contribution in [-0.2, 0) is 16.8 Å². The van der Waals surface area contributed by atoms with Gasteiger partial charge in [0.1, 0.15) is 5.82 Å². The smallest absolute Gasteiger partial charge is 0.129 e. The van der Waals surface area contributed by atoms with Gasteiger partial charge in [0.05, 0.1) is 19.3 Å². The van der Waals surface area contributed by atoms with Crippen molar-refractivity contribution in [2.24, 2.45) is 0 Å². The maximum atomic E-state index is 9.43. The molecule has 4 nitrogen and oxygen atoms in total. The van der Waals surface area contributed by atoms with Gasteiger partial charge in [-0.05, 0) is 24.1 Å². The van der Waals surface area contributed by atoms with E-state index in [4.69, 9.17) is 9.72 Å². The summed E-state index contributed by atoms with van der Waals surface area (Å²) in [6.07, 6.45) is 1.03. The number of hydrogen-bond acceptors (Lipinski definition) is 4. The highest BCUT2D eigenvalue weighted by atomic mass is 16.5. The van der Waals surface area contributed by atoms with E-state index in [9.17, 15) is 5.11 Å². The van der Waals surface area contributed by atoms with Crippen molar-refractivity contribution in [1.29, 1.82) is 0 Å². The summed E-state index contributed by atoms with van der Waals surface area (Å²) in [5.41, 5.74) is 1.91. The van der Waals surface area contributed by atoms with Crippen LogP contribution >= 0.6 is 0 Å². The lowest BCUT2D eigenvalue weighted by molar-refractivity contribution is 0.193. The number of anilines is 1. The van der Waals surface area contributed by atoms with E-state index in [2.05, 4.69) is 32.7 Å². The Hall–Kier alpha value is -1.13. The van der Waals surface area contributed by atoms with Crippen LogP contribution in [-0.4, -0.2) is 36.4 Å². The van der Waals surface area contributed by atoms with E-state index in [1.165, 1.54) is 0 Å². The van der Waals surface area contributed by atoms with Crippen molar-refractivity contribution in [3.63, 3.8) is 0 Å². The Kier molecular flexibility index (Phi) is 4.11. The molecule has 0 aliphatic carbocycles. The zero-order chi connectivity index (χ0) is 14.0. The van der Waals surface area contributed by atoms with Crippen LogP contribution in [0.1, 0.15) is 38.4 Å². The molecule has 0 spiro atoms. The molecule has 0 amide bonds. The third kappa shape index (κ3) is 3.25. The van der Waals surface area contributed by atoms with Gasteiger partial charge in [0, 0.05) is 24.8 Å². The average Bonchev–Trinajstić information content (AvgIpc) is 2.90. The molecule has 0 radical (unpaired) electrons. The molecule has 1 aromatic heterocycles. The third-order valence-electron chi connectivity index (χ3n) is 3.64. The Labute approximate surface area is 115 Å². The molecule has 1 aliphatic heterocycles. The molecule has 1 unspecified atom stereocenters. The highest BCUT2D eigenvalue weighted by Crippen LogP contribution is 2.26. The first kappa shape index (κ1) is 14.3. The monoisotopic (exact) mass is 264 g/mol. The van der Waals surface area contributed by atoms with E-state index < -0.39 is 0 Å². The quantitative estimate of drug-likeness (QED) is 0.908. The maximum absolute atomic E-state index is 9.43. The Balaban J connectivity index is 2.33. The Bertz CT molecular complexity index is 434. The van der Waals surface area contributed by atoms with E-state index >= 15 is 0 Å². The summed E-state index contributed by atoms with van der Waals surface area (Å²) in [5, 5.41) is 9.43. The molecule has 0 bridgehead atoms. The average molecular weight is 264 g/mol. The second-order valence-corrected chi connectivity index (χ2v) is 6.26. The van der Waals surface area contributed by atoms with Crippen LogP contribution in [0.25, 0.3) is 0 Å². The van der Waals surface area contributed by atoms with Crippen molar-refractivity contribution in [2.45, 2.75) is 45.3 Å². The first-order valence-electron chi connectivity index (χ1n) is 6.84. The lowest BCUT2D eigenvalue weighted by Gasteiger charge is -2.27. The predicted octanol–water partition coefficient (Wildman–Crippen LogP) is 2.10. The minimum absolute atomic E-state index is 0.0209. The number of hydrogen-bond donors (Lipinski definition) is 1. The van der Waals surface area contributed by atoms with E-state index in [0.717, 1.165) is 36.7 Å². The molecule has 1 atom stereocenters. The topological polar surface area (TPSA) is 45.6 Å². The summed E-state index contributed by atoms with van der Waals surface area (Å²) in [6.45, 7) is 8.04. The predicted molar refractivity (Wildman–Crippen MR) is 76.5 cm³/mol. The summed E-state index contributed by atoms with van der Waals surface area (Å²) in [4.78, 5) is 6.92. The molecule has 19 heavy (non-hydrogen) atoms. The SMILES string of the molecule is CN(c1cc(CO)cc(C(C)(C)C)n1)C1CCOC1. The number of ether oxygens (including phenoxy) is 1. The van der Waals surface area contributed by atoms with Crippen molar-refractivity contribution in [3.05, 3.63) is 23.4 Å². The summed E-state index contributed by atoms with van der Waals surface area (Å²) in [6, 6.07) is 4.34. The lowest BCUT2D eigenvalue weighted by Crippen LogP contribution is -2.33. The molecule has 4 heteroatoms. The van der Waals surface area contributed by atoms with Gasteiger partial charge in [0.15, 0.2) is 0 Å². The minimum atomic E-state index is -0.0209. The summed E-state index contributed by atoms with van der Waals surface area (Å²) in [7, 11) is 2.05. The number of likely N-dealkylation sites (N-methyl/N-ethyl adjacent to an activating group) is 1. The van der Waals surface area contributed by atoms with Gasteiger partial charge in [0.25, 0.3) is 0 Å². The number of aliphatic hydroxyl groups is 1. The lowest BCUT2D eigenvalue weighted by atomic mass is 9.91. The zero-order valence-electron chi connectivity index (χ0n) is 12.3. The first-order valence-corrected chi connectivity index (χ1v) is 6.84. The van der Waals surface area contributed by atoms with Crippen molar-refractivity contribution in [1.82, 2.24) is 4.98 Å². The number of pyridine rings is 1. The van der Waals surface area contributed by atoms with Gasteiger partial charge in [0.2, 0.25) is 0 Å².